The van der Waals surface area contributed by atoms with Crippen molar-refractivity contribution < 1.29 is 13.2 Å². The molecule has 1 fully saturated rings. The van der Waals surface area contributed by atoms with Crippen LogP contribution >= 0.6 is 0 Å². The molecule has 6 heteroatoms. The SMILES string of the molecule is FC(F)(F)CN1CCC(NCc2ccccn2)CC1. The van der Waals surface area contributed by atoms with E-state index in [1.54, 1.807) is 6.20 Å². The highest BCUT2D eigenvalue weighted by Crippen LogP contribution is 2.19. The van der Waals surface area contributed by atoms with E-state index in [2.05, 4.69) is 10.3 Å². The molecule has 1 aromatic rings. The summed E-state index contributed by atoms with van der Waals surface area (Å²) in [6, 6.07) is 6.01. The molecule has 0 radical (unpaired) electrons. The normalized spacial score (nSPS) is 18.7. The summed E-state index contributed by atoms with van der Waals surface area (Å²) in [5, 5.41) is 3.35. The smallest absolute Gasteiger partial charge is 0.308 e. The number of piperidine rings is 1. The van der Waals surface area contributed by atoms with E-state index in [0.29, 0.717) is 19.6 Å². The van der Waals surface area contributed by atoms with Crippen LogP contribution in [-0.4, -0.2) is 41.7 Å². The summed E-state index contributed by atoms with van der Waals surface area (Å²) >= 11 is 0. The van der Waals surface area contributed by atoms with Crippen molar-refractivity contribution in [2.75, 3.05) is 19.6 Å². The van der Waals surface area contributed by atoms with Gasteiger partial charge >= 0.3 is 6.18 Å². The summed E-state index contributed by atoms with van der Waals surface area (Å²) in [5.74, 6) is 0. The van der Waals surface area contributed by atoms with Crippen LogP contribution in [0.5, 0.6) is 0 Å². The quantitative estimate of drug-likeness (QED) is 0.911. The zero-order chi connectivity index (χ0) is 13.7. The molecule has 0 unspecified atom stereocenters. The van der Waals surface area contributed by atoms with Gasteiger partial charge in [-0.2, -0.15) is 13.2 Å². The Morgan fingerprint density at radius 3 is 2.58 bits per heavy atom. The maximum Gasteiger partial charge on any atom is 0.401 e. The van der Waals surface area contributed by atoms with Gasteiger partial charge in [0.25, 0.3) is 0 Å². The maximum atomic E-state index is 12.2. The summed E-state index contributed by atoms with van der Waals surface area (Å²) in [6.45, 7) is 0.879. The Kier molecular flexibility index (Phi) is 4.76. The standard InChI is InChI=1S/C13H18F3N3/c14-13(15,16)10-19-7-4-11(5-8-19)18-9-12-3-1-2-6-17-12/h1-3,6,11,18H,4-5,7-10H2. The van der Waals surface area contributed by atoms with Gasteiger partial charge in [0, 0.05) is 18.8 Å². The molecule has 1 aliphatic rings. The molecular weight excluding hydrogens is 255 g/mol. The molecule has 1 aromatic heterocycles. The lowest BCUT2D eigenvalue weighted by molar-refractivity contribution is -0.148. The number of aromatic nitrogens is 1. The number of hydrogen-bond acceptors (Lipinski definition) is 3. The topological polar surface area (TPSA) is 28.2 Å². The van der Waals surface area contributed by atoms with Crippen LogP contribution in [0.4, 0.5) is 13.2 Å². The molecule has 0 aromatic carbocycles. The number of pyridine rings is 1. The number of likely N-dealkylation sites (tertiary alicyclic amines) is 1. The lowest BCUT2D eigenvalue weighted by atomic mass is 10.0. The summed E-state index contributed by atoms with van der Waals surface area (Å²) < 4.78 is 36.7. The summed E-state index contributed by atoms with van der Waals surface area (Å²) in [6.07, 6.45) is -0.844. The van der Waals surface area contributed by atoms with E-state index in [1.165, 1.54) is 4.90 Å². The minimum absolute atomic E-state index is 0.284. The van der Waals surface area contributed by atoms with Gasteiger partial charge in [0.1, 0.15) is 0 Å². The van der Waals surface area contributed by atoms with Crippen LogP contribution in [0.2, 0.25) is 0 Å². The number of alkyl halides is 3. The molecule has 0 spiro atoms. The van der Waals surface area contributed by atoms with E-state index < -0.39 is 12.7 Å². The van der Waals surface area contributed by atoms with Gasteiger partial charge in [-0.1, -0.05) is 6.07 Å². The molecule has 1 aliphatic heterocycles. The molecule has 0 aliphatic carbocycles. The summed E-state index contributed by atoms with van der Waals surface area (Å²) in [4.78, 5) is 5.68. The Morgan fingerprint density at radius 2 is 2.00 bits per heavy atom. The predicted molar refractivity (Wildman–Crippen MR) is 66.6 cm³/mol. The molecule has 0 atom stereocenters. The number of nitrogens with zero attached hydrogens (tertiary/aromatic N) is 2. The summed E-state index contributed by atoms with van der Waals surface area (Å²) in [7, 11) is 0. The van der Waals surface area contributed by atoms with Crippen molar-refractivity contribution >= 4 is 0 Å². The first kappa shape index (κ1) is 14.3. The van der Waals surface area contributed by atoms with E-state index in [0.717, 1.165) is 18.5 Å². The van der Waals surface area contributed by atoms with Crippen LogP contribution in [-0.2, 0) is 6.54 Å². The van der Waals surface area contributed by atoms with Gasteiger partial charge in [0.2, 0.25) is 0 Å². The number of nitrogens with one attached hydrogen (secondary N) is 1. The van der Waals surface area contributed by atoms with E-state index in [-0.39, 0.29) is 6.04 Å². The second-order valence-electron chi connectivity index (χ2n) is 4.87. The molecule has 1 saturated heterocycles. The third kappa shape index (κ3) is 5.16. The molecule has 0 bridgehead atoms. The van der Waals surface area contributed by atoms with Crippen LogP contribution < -0.4 is 5.32 Å². The minimum Gasteiger partial charge on any atom is -0.308 e. The van der Waals surface area contributed by atoms with Crippen molar-refractivity contribution in [3.63, 3.8) is 0 Å². The highest BCUT2D eigenvalue weighted by Gasteiger charge is 2.32. The van der Waals surface area contributed by atoms with Crippen molar-refractivity contribution in [3.05, 3.63) is 30.1 Å². The molecule has 2 heterocycles. The Labute approximate surface area is 110 Å². The molecule has 3 nitrogen and oxygen atoms in total. The van der Waals surface area contributed by atoms with E-state index in [1.807, 2.05) is 18.2 Å². The average Bonchev–Trinajstić information content (AvgIpc) is 2.37. The predicted octanol–water partition coefficient (Wildman–Crippen LogP) is 2.20. The van der Waals surface area contributed by atoms with Crippen molar-refractivity contribution in [3.8, 4) is 0 Å². The van der Waals surface area contributed by atoms with Gasteiger partial charge in [0.05, 0.1) is 12.2 Å². The van der Waals surface area contributed by atoms with Crippen LogP contribution in [0, 0.1) is 0 Å². The zero-order valence-electron chi connectivity index (χ0n) is 10.7. The molecular formula is C13H18F3N3. The van der Waals surface area contributed by atoms with E-state index >= 15 is 0 Å². The van der Waals surface area contributed by atoms with Gasteiger partial charge in [0.15, 0.2) is 0 Å². The lowest BCUT2D eigenvalue weighted by Gasteiger charge is -2.32. The Morgan fingerprint density at radius 1 is 1.26 bits per heavy atom. The van der Waals surface area contributed by atoms with Crippen LogP contribution in [0.25, 0.3) is 0 Å². The second kappa shape index (κ2) is 6.34. The van der Waals surface area contributed by atoms with Crippen molar-refractivity contribution in [2.45, 2.75) is 31.6 Å². The van der Waals surface area contributed by atoms with Gasteiger partial charge in [-0.3, -0.25) is 9.88 Å². The molecule has 2 rings (SSSR count). The van der Waals surface area contributed by atoms with E-state index in [9.17, 15) is 13.2 Å². The Balaban J connectivity index is 1.69. The van der Waals surface area contributed by atoms with E-state index in [4.69, 9.17) is 0 Å². The first-order valence-corrected chi connectivity index (χ1v) is 6.45. The molecule has 0 saturated carbocycles. The largest absolute Gasteiger partial charge is 0.401 e. The fraction of sp³-hybridized carbons (Fsp3) is 0.615. The third-order valence-electron chi connectivity index (χ3n) is 3.29. The average molecular weight is 273 g/mol. The first-order chi connectivity index (χ1) is 9.03. The second-order valence-corrected chi connectivity index (χ2v) is 4.87. The van der Waals surface area contributed by atoms with Gasteiger partial charge in [-0.25, -0.2) is 0 Å². The monoisotopic (exact) mass is 273 g/mol. The Bertz CT molecular complexity index is 372. The van der Waals surface area contributed by atoms with Crippen LogP contribution in [0.1, 0.15) is 18.5 Å². The molecule has 106 valence electrons. The minimum atomic E-state index is -4.09. The lowest BCUT2D eigenvalue weighted by Crippen LogP contribution is -2.45. The number of hydrogen-bond donors (Lipinski definition) is 1. The fourth-order valence-electron chi connectivity index (χ4n) is 2.30. The highest BCUT2D eigenvalue weighted by molar-refractivity contribution is 5.03. The van der Waals surface area contributed by atoms with Gasteiger partial charge in [-0.05, 0) is 38.1 Å². The molecule has 19 heavy (non-hydrogen) atoms. The Hall–Kier alpha value is -1.14. The highest BCUT2D eigenvalue weighted by atomic mass is 19.4. The molecule has 0 amide bonds. The van der Waals surface area contributed by atoms with Crippen molar-refractivity contribution in [2.24, 2.45) is 0 Å². The number of halogens is 3. The van der Waals surface area contributed by atoms with Crippen molar-refractivity contribution in [1.82, 2.24) is 15.2 Å². The summed E-state index contributed by atoms with van der Waals surface area (Å²) in [5.41, 5.74) is 0.959. The van der Waals surface area contributed by atoms with Crippen LogP contribution in [0.15, 0.2) is 24.4 Å². The zero-order valence-corrected chi connectivity index (χ0v) is 10.7. The van der Waals surface area contributed by atoms with Crippen molar-refractivity contribution in [1.29, 1.82) is 0 Å². The van der Waals surface area contributed by atoms with Gasteiger partial charge in [-0.15, -0.1) is 0 Å². The molecule has 1 N–H and O–H groups in total. The van der Waals surface area contributed by atoms with Crippen LogP contribution in [0.3, 0.4) is 0 Å². The number of rotatable bonds is 4. The maximum absolute atomic E-state index is 12.2. The fourth-order valence-corrected chi connectivity index (χ4v) is 2.30. The third-order valence-corrected chi connectivity index (χ3v) is 3.29. The van der Waals surface area contributed by atoms with Gasteiger partial charge < -0.3 is 5.32 Å². The first-order valence-electron chi connectivity index (χ1n) is 6.45.